The molecule has 0 aromatic heterocycles. The zero-order valence-electron chi connectivity index (χ0n) is 10.7. The van der Waals surface area contributed by atoms with Crippen LogP contribution in [0.2, 0.25) is 0 Å². The fourth-order valence-electron chi connectivity index (χ4n) is 2.36. The maximum absolute atomic E-state index is 9.45. The van der Waals surface area contributed by atoms with Crippen molar-refractivity contribution in [2.75, 3.05) is 13.1 Å². The van der Waals surface area contributed by atoms with Crippen molar-refractivity contribution in [3.05, 3.63) is 29.8 Å². The Morgan fingerprint density at radius 1 is 1.44 bits per heavy atom. The Morgan fingerprint density at radius 3 is 2.67 bits per heavy atom. The topological polar surface area (TPSA) is 49.5 Å². The Balaban J connectivity index is 1.93. The molecule has 2 rings (SSSR count). The molecule has 1 aliphatic rings. The average molecular weight is 264 g/mol. The predicted molar refractivity (Wildman–Crippen MR) is 77.5 cm³/mol. The summed E-state index contributed by atoms with van der Waals surface area (Å²) < 4.78 is 0. The molecule has 18 heavy (non-hydrogen) atoms. The molecule has 0 unspecified atom stereocenters. The van der Waals surface area contributed by atoms with Gasteiger partial charge in [0, 0.05) is 12.0 Å². The van der Waals surface area contributed by atoms with Crippen molar-refractivity contribution in [1.82, 2.24) is 4.90 Å². The molecule has 0 bridgehead atoms. The molecule has 1 heterocycles. The van der Waals surface area contributed by atoms with Crippen LogP contribution in [0.5, 0.6) is 5.75 Å². The third kappa shape index (κ3) is 3.00. The first-order valence-corrected chi connectivity index (χ1v) is 6.71. The summed E-state index contributed by atoms with van der Waals surface area (Å²) in [6.07, 6.45) is 2.03. The van der Waals surface area contributed by atoms with Crippen LogP contribution in [0, 0.1) is 5.41 Å². The molecule has 1 saturated heterocycles. The zero-order valence-corrected chi connectivity index (χ0v) is 11.5. The molecule has 0 spiro atoms. The molecule has 1 aromatic rings. The van der Waals surface area contributed by atoms with Crippen molar-refractivity contribution in [1.29, 1.82) is 0 Å². The van der Waals surface area contributed by atoms with Crippen molar-refractivity contribution in [3.63, 3.8) is 0 Å². The van der Waals surface area contributed by atoms with Gasteiger partial charge in [-0.1, -0.05) is 31.3 Å². The van der Waals surface area contributed by atoms with Crippen LogP contribution in [0.4, 0.5) is 0 Å². The molecule has 1 aliphatic heterocycles. The number of aromatic hydroxyl groups is 1. The lowest BCUT2D eigenvalue weighted by molar-refractivity contribution is 0.158. The predicted octanol–water partition coefficient (Wildman–Crippen LogP) is 2.28. The van der Waals surface area contributed by atoms with E-state index in [0.29, 0.717) is 10.7 Å². The van der Waals surface area contributed by atoms with Crippen LogP contribution in [0.15, 0.2) is 24.3 Å². The SMILES string of the molecule is CC1(C(N)=S)CCN(Cc2cccc(O)c2)CC1. The lowest BCUT2D eigenvalue weighted by Crippen LogP contribution is -2.44. The number of phenols is 1. The summed E-state index contributed by atoms with van der Waals surface area (Å²) in [4.78, 5) is 3.02. The smallest absolute Gasteiger partial charge is 0.115 e. The highest BCUT2D eigenvalue weighted by Gasteiger charge is 2.32. The van der Waals surface area contributed by atoms with E-state index in [1.807, 2.05) is 18.2 Å². The molecule has 0 amide bonds. The summed E-state index contributed by atoms with van der Waals surface area (Å²) in [5, 5.41) is 9.45. The Kier molecular flexibility index (Phi) is 3.88. The largest absolute Gasteiger partial charge is 0.508 e. The van der Waals surface area contributed by atoms with Crippen LogP contribution in [0.1, 0.15) is 25.3 Å². The van der Waals surface area contributed by atoms with Crippen LogP contribution in [0.25, 0.3) is 0 Å². The van der Waals surface area contributed by atoms with Gasteiger partial charge in [-0.15, -0.1) is 0 Å². The fraction of sp³-hybridized carbons (Fsp3) is 0.500. The van der Waals surface area contributed by atoms with E-state index in [0.717, 1.165) is 38.0 Å². The monoisotopic (exact) mass is 264 g/mol. The van der Waals surface area contributed by atoms with E-state index < -0.39 is 0 Å². The van der Waals surface area contributed by atoms with E-state index in [9.17, 15) is 5.11 Å². The molecule has 98 valence electrons. The van der Waals surface area contributed by atoms with E-state index >= 15 is 0 Å². The summed E-state index contributed by atoms with van der Waals surface area (Å²) in [7, 11) is 0. The van der Waals surface area contributed by atoms with Crippen LogP contribution in [-0.4, -0.2) is 28.1 Å². The molecule has 0 saturated carbocycles. The summed E-state index contributed by atoms with van der Waals surface area (Å²) in [5.41, 5.74) is 6.96. The van der Waals surface area contributed by atoms with E-state index in [1.165, 1.54) is 0 Å². The minimum atomic E-state index is 0.0185. The minimum absolute atomic E-state index is 0.0185. The van der Waals surface area contributed by atoms with Gasteiger partial charge in [0.25, 0.3) is 0 Å². The lowest BCUT2D eigenvalue weighted by atomic mass is 9.80. The van der Waals surface area contributed by atoms with Crippen molar-refractivity contribution >= 4 is 17.2 Å². The van der Waals surface area contributed by atoms with Gasteiger partial charge in [-0.25, -0.2) is 0 Å². The van der Waals surface area contributed by atoms with Gasteiger partial charge in [0.1, 0.15) is 5.75 Å². The third-order valence-electron chi connectivity index (χ3n) is 3.87. The Labute approximate surface area is 114 Å². The molecular weight excluding hydrogens is 244 g/mol. The molecular formula is C14H20N2OS. The zero-order chi connectivity index (χ0) is 13.2. The van der Waals surface area contributed by atoms with E-state index in [2.05, 4.69) is 11.8 Å². The van der Waals surface area contributed by atoms with Gasteiger partial charge in [0.05, 0.1) is 4.99 Å². The van der Waals surface area contributed by atoms with Gasteiger partial charge in [0.15, 0.2) is 0 Å². The summed E-state index contributed by atoms with van der Waals surface area (Å²) in [5.74, 6) is 0.331. The second-order valence-electron chi connectivity index (χ2n) is 5.37. The van der Waals surface area contributed by atoms with E-state index in [4.69, 9.17) is 18.0 Å². The number of nitrogens with two attached hydrogens (primary N) is 1. The highest BCUT2D eigenvalue weighted by Crippen LogP contribution is 2.31. The summed E-state index contributed by atoms with van der Waals surface area (Å²) in [6.45, 7) is 5.04. The van der Waals surface area contributed by atoms with E-state index in [1.54, 1.807) is 6.07 Å². The van der Waals surface area contributed by atoms with Gasteiger partial charge >= 0.3 is 0 Å². The van der Waals surface area contributed by atoms with Crippen molar-refractivity contribution in [3.8, 4) is 5.75 Å². The summed E-state index contributed by atoms with van der Waals surface area (Å²) in [6, 6.07) is 7.44. The van der Waals surface area contributed by atoms with Gasteiger partial charge in [0.2, 0.25) is 0 Å². The number of hydrogen-bond acceptors (Lipinski definition) is 3. The van der Waals surface area contributed by atoms with Gasteiger partial charge < -0.3 is 10.8 Å². The second-order valence-corrected chi connectivity index (χ2v) is 5.81. The van der Waals surface area contributed by atoms with Crippen molar-refractivity contribution in [2.45, 2.75) is 26.3 Å². The minimum Gasteiger partial charge on any atom is -0.508 e. The van der Waals surface area contributed by atoms with Gasteiger partial charge in [-0.05, 0) is 43.6 Å². The molecule has 1 aromatic carbocycles. The first kappa shape index (κ1) is 13.3. The van der Waals surface area contributed by atoms with Gasteiger partial charge in [-0.2, -0.15) is 0 Å². The number of benzene rings is 1. The van der Waals surface area contributed by atoms with Crippen molar-refractivity contribution < 1.29 is 5.11 Å². The fourth-order valence-corrected chi connectivity index (χ4v) is 2.57. The van der Waals surface area contributed by atoms with E-state index in [-0.39, 0.29) is 5.41 Å². The van der Waals surface area contributed by atoms with Crippen LogP contribution >= 0.6 is 12.2 Å². The number of rotatable bonds is 3. The number of nitrogens with zero attached hydrogens (tertiary/aromatic N) is 1. The molecule has 0 radical (unpaired) electrons. The summed E-state index contributed by atoms with van der Waals surface area (Å²) >= 11 is 5.14. The lowest BCUT2D eigenvalue weighted by Gasteiger charge is -2.38. The Morgan fingerprint density at radius 2 is 2.11 bits per heavy atom. The number of likely N-dealkylation sites (tertiary alicyclic amines) is 1. The Bertz CT molecular complexity index is 439. The first-order chi connectivity index (χ1) is 8.49. The standard InChI is InChI=1S/C14H20N2OS/c1-14(13(15)18)5-7-16(8-6-14)10-11-3-2-4-12(17)9-11/h2-4,9,17H,5-8,10H2,1H3,(H2,15,18). The normalized spacial score (nSPS) is 19.6. The molecule has 0 aliphatic carbocycles. The average Bonchev–Trinajstić information content (AvgIpc) is 2.32. The Hall–Kier alpha value is -1.13. The van der Waals surface area contributed by atoms with Crippen LogP contribution < -0.4 is 5.73 Å². The van der Waals surface area contributed by atoms with Gasteiger partial charge in [-0.3, -0.25) is 4.90 Å². The molecule has 1 fully saturated rings. The molecule has 4 heteroatoms. The van der Waals surface area contributed by atoms with Crippen LogP contribution in [-0.2, 0) is 6.54 Å². The molecule has 0 atom stereocenters. The molecule has 3 nitrogen and oxygen atoms in total. The second kappa shape index (κ2) is 5.24. The molecule has 3 N–H and O–H groups in total. The van der Waals surface area contributed by atoms with Crippen LogP contribution in [0.3, 0.4) is 0 Å². The first-order valence-electron chi connectivity index (χ1n) is 6.30. The third-order valence-corrected chi connectivity index (χ3v) is 4.36. The highest BCUT2D eigenvalue weighted by atomic mass is 32.1. The number of phenolic OH excluding ortho intramolecular Hbond substituents is 1. The number of thiocarbonyl (C=S) groups is 1. The number of piperidine rings is 1. The maximum atomic E-state index is 9.45. The quantitative estimate of drug-likeness (QED) is 0.822. The maximum Gasteiger partial charge on any atom is 0.115 e. The highest BCUT2D eigenvalue weighted by molar-refractivity contribution is 7.80. The number of hydrogen-bond donors (Lipinski definition) is 2. The van der Waals surface area contributed by atoms with Crippen molar-refractivity contribution in [2.24, 2.45) is 11.1 Å².